The van der Waals surface area contributed by atoms with Gasteiger partial charge in [-0.2, -0.15) is 0 Å². The van der Waals surface area contributed by atoms with E-state index in [1.54, 1.807) is 0 Å². The second-order valence-electron chi connectivity index (χ2n) is 21.3. The number of rotatable bonds is 55. The van der Waals surface area contributed by atoms with Crippen molar-refractivity contribution in [1.82, 2.24) is 0 Å². The van der Waals surface area contributed by atoms with Crippen molar-refractivity contribution in [2.75, 3.05) is 47.5 Å². The van der Waals surface area contributed by atoms with E-state index in [9.17, 15) is 19.5 Å². The average Bonchev–Trinajstić information content (AvgIpc) is 3.33. The van der Waals surface area contributed by atoms with Crippen LogP contribution in [0.25, 0.3) is 0 Å². The first-order valence-corrected chi connectivity index (χ1v) is 29.7. The summed E-state index contributed by atoms with van der Waals surface area (Å²) in [6.45, 7) is 4.90. The molecule has 410 valence electrons. The molecule has 0 bridgehead atoms. The summed E-state index contributed by atoms with van der Waals surface area (Å²) < 4.78 is 22.9. The second kappa shape index (κ2) is 52.8. The number of allylic oxidation sites excluding steroid dienone is 6. The minimum absolute atomic E-state index is 0.178. The summed E-state index contributed by atoms with van der Waals surface area (Å²) in [6.07, 6.45) is 60.8. The Morgan fingerprint density at radius 1 is 0.429 bits per heavy atom. The molecule has 0 saturated carbocycles. The topological polar surface area (TPSA) is 108 Å². The molecule has 1 N–H and O–H groups in total. The molecule has 0 aromatic heterocycles. The molecule has 2 atom stereocenters. The van der Waals surface area contributed by atoms with Crippen LogP contribution in [0.4, 0.5) is 0 Å². The highest BCUT2D eigenvalue weighted by molar-refractivity contribution is 5.71. The van der Waals surface area contributed by atoms with Gasteiger partial charge in [-0.25, -0.2) is 4.79 Å². The molecule has 9 nitrogen and oxygen atoms in total. The van der Waals surface area contributed by atoms with Gasteiger partial charge in [-0.1, -0.05) is 249 Å². The molecule has 0 fully saturated rings. The third-order valence-corrected chi connectivity index (χ3v) is 13.1. The van der Waals surface area contributed by atoms with E-state index in [1.165, 1.54) is 199 Å². The zero-order valence-corrected chi connectivity index (χ0v) is 46.7. The molecule has 0 radical (unpaired) electrons. The van der Waals surface area contributed by atoms with Crippen LogP contribution in [0.5, 0.6) is 0 Å². The summed E-state index contributed by atoms with van der Waals surface area (Å²) in [5.41, 5.74) is 0. The highest BCUT2D eigenvalue weighted by Crippen LogP contribution is 2.17. The van der Waals surface area contributed by atoms with Crippen LogP contribution < -0.4 is 0 Å². The van der Waals surface area contributed by atoms with Crippen LogP contribution in [0.15, 0.2) is 36.5 Å². The molecular weight excluding hydrogens is 875 g/mol. The minimum atomic E-state index is -1.51. The third-order valence-electron chi connectivity index (χ3n) is 13.1. The van der Waals surface area contributed by atoms with E-state index in [4.69, 9.17) is 18.9 Å². The van der Waals surface area contributed by atoms with Gasteiger partial charge in [0, 0.05) is 12.8 Å². The Labute approximate surface area is 432 Å². The zero-order chi connectivity index (χ0) is 51.3. The Kier molecular flexibility index (Phi) is 50.9. The number of esters is 2. The molecule has 0 aliphatic carbocycles. The first kappa shape index (κ1) is 67.5. The average molecular weight is 990 g/mol. The summed E-state index contributed by atoms with van der Waals surface area (Å²) in [5.74, 6) is -1.99. The summed E-state index contributed by atoms with van der Waals surface area (Å²) in [5, 5.41) is 9.70. The van der Waals surface area contributed by atoms with E-state index in [2.05, 4.69) is 50.3 Å². The van der Waals surface area contributed by atoms with Crippen molar-refractivity contribution >= 4 is 17.9 Å². The van der Waals surface area contributed by atoms with E-state index in [0.717, 1.165) is 51.4 Å². The normalized spacial score (nSPS) is 13.0. The number of carboxylic acid groups (broad SMARTS) is 1. The van der Waals surface area contributed by atoms with Crippen molar-refractivity contribution in [2.45, 2.75) is 289 Å². The predicted octanol–water partition coefficient (Wildman–Crippen LogP) is 17.3. The smallest absolute Gasteiger partial charge is 0.361 e. The number of unbranched alkanes of at least 4 members (excludes halogenated alkanes) is 34. The van der Waals surface area contributed by atoms with Crippen LogP contribution >= 0.6 is 0 Å². The van der Waals surface area contributed by atoms with Crippen molar-refractivity contribution in [3.8, 4) is 0 Å². The van der Waals surface area contributed by atoms with Crippen molar-refractivity contribution in [2.24, 2.45) is 0 Å². The molecule has 0 aliphatic rings. The lowest BCUT2D eigenvalue weighted by Crippen LogP contribution is -2.40. The number of hydrogen-bond acceptors (Lipinski definition) is 7. The molecule has 0 heterocycles. The standard InChI is InChI=1S/C61H113NO8/c1-6-8-10-12-14-16-18-20-22-24-25-26-27-28-29-30-31-32-33-34-35-36-38-40-42-44-46-48-50-52-59(64)70-57(56-69-61(60(65)66)67-54-53-62(3,4)5)55-68-58(63)51-49-47-45-43-41-39-37-23-21-19-17-15-13-11-9-7-2/h18,20,24-25,27-28,57,61H,6-17,19,21-23,26,29-56H2,1-5H3/p+1/b20-18-,25-24-,28-27-. The molecule has 0 rings (SSSR count). The van der Waals surface area contributed by atoms with E-state index in [0.29, 0.717) is 17.4 Å². The molecule has 0 aromatic rings. The first-order chi connectivity index (χ1) is 34.1. The second-order valence-corrected chi connectivity index (χ2v) is 21.3. The Morgan fingerprint density at radius 3 is 1.14 bits per heavy atom. The number of nitrogens with zero attached hydrogens (tertiary/aromatic N) is 1. The zero-order valence-electron chi connectivity index (χ0n) is 46.7. The molecule has 0 saturated heterocycles. The number of aliphatic carboxylic acids is 1. The number of carbonyl (C=O) groups is 3. The Morgan fingerprint density at radius 2 is 0.771 bits per heavy atom. The van der Waals surface area contributed by atoms with E-state index in [-0.39, 0.29) is 32.2 Å². The van der Waals surface area contributed by atoms with Gasteiger partial charge in [-0.05, 0) is 51.4 Å². The maximum absolute atomic E-state index is 12.9. The SMILES string of the molecule is CCCCCCC/C=C\C/C=C\C/C=C\CCCCCCCCCCCCCCCCC(=O)OC(COC(=O)CCCCCCCCCCCCCCCCCC)COC(OCC[N+](C)(C)C)C(=O)O. The Bertz CT molecular complexity index is 1240. The largest absolute Gasteiger partial charge is 0.477 e. The van der Waals surface area contributed by atoms with Gasteiger partial charge in [0.2, 0.25) is 0 Å². The molecule has 70 heavy (non-hydrogen) atoms. The fourth-order valence-corrected chi connectivity index (χ4v) is 8.55. The molecule has 0 aromatic carbocycles. The lowest BCUT2D eigenvalue weighted by Gasteiger charge is -2.25. The number of quaternary nitrogens is 1. The highest BCUT2D eigenvalue weighted by atomic mass is 16.7. The van der Waals surface area contributed by atoms with Gasteiger partial charge in [0.25, 0.3) is 6.29 Å². The van der Waals surface area contributed by atoms with Gasteiger partial charge in [0.15, 0.2) is 6.10 Å². The lowest BCUT2D eigenvalue weighted by atomic mass is 10.0. The Balaban J connectivity index is 4.16. The van der Waals surface area contributed by atoms with Crippen LogP contribution in [0, 0.1) is 0 Å². The van der Waals surface area contributed by atoms with Crippen molar-refractivity contribution in [1.29, 1.82) is 0 Å². The maximum Gasteiger partial charge on any atom is 0.361 e. The van der Waals surface area contributed by atoms with Crippen molar-refractivity contribution in [3.05, 3.63) is 36.5 Å². The number of carbonyl (C=O) groups excluding carboxylic acids is 2. The van der Waals surface area contributed by atoms with Gasteiger partial charge in [-0.15, -0.1) is 0 Å². The lowest BCUT2D eigenvalue weighted by molar-refractivity contribution is -0.870. The molecule has 0 spiro atoms. The summed E-state index contributed by atoms with van der Waals surface area (Å²) in [7, 11) is 5.97. The number of carboxylic acids is 1. The monoisotopic (exact) mass is 989 g/mol. The van der Waals surface area contributed by atoms with E-state index in [1.807, 2.05) is 21.1 Å². The summed E-state index contributed by atoms with van der Waals surface area (Å²) in [4.78, 5) is 37.4. The maximum atomic E-state index is 12.9. The van der Waals surface area contributed by atoms with Gasteiger partial charge >= 0.3 is 17.9 Å². The minimum Gasteiger partial charge on any atom is -0.477 e. The number of likely N-dealkylation sites (N-methyl/N-ethyl adjacent to an activating group) is 1. The third kappa shape index (κ3) is 53.3. The fraction of sp³-hybridized carbons (Fsp3) is 0.852. The van der Waals surface area contributed by atoms with Crippen LogP contribution in [0.3, 0.4) is 0 Å². The van der Waals surface area contributed by atoms with Crippen molar-refractivity contribution < 1.29 is 42.9 Å². The van der Waals surface area contributed by atoms with E-state index < -0.39 is 24.3 Å². The number of hydrogen-bond donors (Lipinski definition) is 1. The molecule has 0 amide bonds. The summed E-state index contributed by atoms with van der Waals surface area (Å²) in [6, 6.07) is 0. The van der Waals surface area contributed by atoms with Gasteiger partial charge in [-0.3, -0.25) is 9.59 Å². The molecule has 9 heteroatoms. The molecule has 2 unspecified atom stereocenters. The van der Waals surface area contributed by atoms with Crippen molar-refractivity contribution in [3.63, 3.8) is 0 Å². The molecular formula is C61H114NO8+. The highest BCUT2D eigenvalue weighted by Gasteiger charge is 2.25. The van der Waals surface area contributed by atoms with Crippen LogP contribution in [-0.2, 0) is 33.3 Å². The first-order valence-electron chi connectivity index (χ1n) is 29.7. The van der Waals surface area contributed by atoms with E-state index >= 15 is 0 Å². The number of ether oxygens (including phenoxy) is 4. The van der Waals surface area contributed by atoms with Gasteiger partial charge in [0.05, 0.1) is 34.4 Å². The summed E-state index contributed by atoms with van der Waals surface area (Å²) >= 11 is 0. The van der Waals surface area contributed by atoms with Gasteiger partial charge in [0.1, 0.15) is 13.2 Å². The van der Waals surface area contributed by atoms with Crippen LogP contribution in [-0.4, -0.2) is 87.4 Å². The Hall–Kier alpha value is -2.49. The van der Waals surface area contributed by atoms with Gasteiger partial charge < -0.3 is 28.5 Å². The predicted molar refractivity (Wildman–Crippen MR) is 295 cm³/mol. The quantitative estimate of drug-likeness (QED) is 0.0211. The van der Waals surface area contributed by atoms with Crippen LogP contribution in [0.1, 0.15) is 277 Å². The van der Waals surface area contributed by atoms with Crippen LogP contribution in [0.2, 0.25) is 0 Å². The molecule has 0 aliphatic heterocycles. The fourth-order valence-electron chi connectivity index (χ4n) is 8.55.